The van der Waals surface area contributed by atoms with Gasteiger partial charge in [0.15, 0.2) is 0 Å². The largest absolute Gasteiger partial charge is 0.480 e. The summed E-state index contributed by atoms with van der Waals surface area (Å²) in [6.45, 7) is 6.33. The van der Waals surface area contributed by atoms with Gasteiger partial charge in [-0.1, -0.05) is 0 Å². The maximum atomic E-state index is 11.2. The molecule has 0 aliphatic carbocycles. The van der Waals surface area contributed by atoms with E-state index in [9.17, 15) is 19.2 Å². The fraction of sp³-hybridized carbons (Fsp3) is 0.667. The summed E-state index contributed by atoms with van der Waals surface area (Å²) in [6.07, 6.45) is -1.38. The van der Waals surface area contributed by atoms with E-state index in [4.69, 9.17) is 26.4 Å². The van der Waals surface area contributed by atoms with Crippen molar-refractivity contribution in [3.63, 3.8) is 0 Å². The van der Waals surface area contributed by atoms with Gasteiger partial charge in [-0.15, -0.1) is 0 Å². The molecule has 0 fully saturated rings. The average molecular weight is 321 g/mol. The van der Waals surface area contributed by atoms with Crippen LogP contribution in [0.15, 0.2) is 0 Å². The molecule has 2 amide bonds. The number of nitrogens with two attached hydrogens (primary N) is 2. The van der Waals surface area contributed by atoms with E-state index < -0.39 is 48.0 Å². The lowest BCUT2D eigenvalue weighted by molar-refractivity contribution is -0.141. The van der Waals surface area contributed by atoms with E-state index in [1.54, 1.807) is 20.8 Å². The van der Waals surface area contributed by atoms with Gasteiger partial charge in [0, 0.05) is 0 Å². The SMILES string of the molecule is CC(C)(C)OC(=O)N[C@@H](CC(N)=O)C(=O)O.C[C@H](N)C(=O)O. The minimum absolute atomic E-state index is 0.478. The van der Waals surface area contributed by atoms with Crippen LogP contribution in [0, 0.1) is 0 Å². The van der Waals surface area contributed by atoms with Gasteiger partial charge in [0.1, 0.15) is 17.7 Å². The predicted octanol–water partition coefficient (Wildman–Crippen LogP) is -0.742. The lowest BCUT2D eigenvalue weighted by atomic mass is 10.2. The molecule has 0 unspecified atom stereocenters. The molecule has 0 aliphatic rings. The van der Waals surface area contributed by atoms with E-state index in [-0.39, 0.29) is 0 Å². The van der Waals surface area contributed by atoms with Crippen molar-refractivity contribution >= 4 is 23.9 Å². The summed E-state index contributed by atoms with van der Waals surface area (Å²) in [6, 6.07) is -2.10. The molecule has 0 aliphatic heterocycles. The number of carboxylic acids is 2. The molecule has 0 rings (SSSR count). The third-order valence-electron chi connectivity index (χ3n) is 1.78. The van der Waals surface area contributed by atoms with E-state index in [2.05, 4.69) is 0 Å². The zero-order chi connectivity index (χ0) is 18.1. The lowest BCUT2D eigenvalue weighted by Gasteiger charge is -2.21. The van der Waals surface area contributed by atoms with Gasteiger partial charge in [0.25, 0.3) is 0 Å². The molecule has 10 heteroatoms. The molecule has 128 valence electrons. The maximum Gasteiger partial charge on any atom is 0.408 e. The summed E-state index contributed by atoms with van der Waals surface area (Å²) in [5.41, 5.74) is 8.94. The third-order valence-corrected chi connectivity index (χ3v) is 1.78. The number of amides is 2. The van der Waals surface area contributed by atoms with Gasteiger partial charge < -0.3 is 31.7 Å². The molecular formula is C12H23N3O7. The number of rotatable bonds is 5. The molecule has 7 N–H and O–H groups in total. The zero-order valence-electron chi connectivity index (χ0n) is 13.0. The monoisotopic (exact) mass is 321 g/mol. The van der Waals surface area contributed by atoms with E-state index >= 15 is 0 Å². The first-order chi connectivity index (χ1) is 9.76. The van der Waals surface area contributed by atoms with Crippen molar-refractivity contribution in [1.29, 1.82) is 0 Å². The summed E-state index contributed by atoms with van der Waals surface area (Å²) in [4.78, 5) is 42.0. The number of nitrogens with one attached hydrogen (secondary N) is 1. The number of alkyl carbamates (subject to hydrolysis) is 1. The van der Waals surface area contributed by atoms with Gasteiger partial charge in [0.05, 0.1) is 6.42 Å². The van der Waals surface area contributed by atoms with Gasteiger partial charge in [-0.05, 0) is 27.7 Å². The molecule has 0 radical (unpaired) electrons. The number of hydrogen-bond donors (Lipinski definition) is 5. The highest BCUT2D eigenvalue weighted by molar-refractivity contribution is 5.86. The van der Waals surface area contributed by atoms with Crippen LogP contribution < -0.4 is 16.8 Å². The summed E-state index contributed by atoms with van der Waals surface area (Å²) >= 11 is 0. The number of ether oxygens (including phenoxy) is 1. The number of primary amides is 1. The number of carbonyl (C=O) groups excluding carboxylic acids is 2. The number of aliphatic carboxylic acids is 2. The molecule has 0 heterocycles. The van der Waals surface area contributed by atoms with E-state index in [1.807, 2.05) is 5.32 Å². The fourth-order valence-electron chi connectivity index (χ4n) is 0.851. The highest BCUT2D eigenvalue weighted by Crippen LogP contribution is 2.07. The van der Waals surface area contributed by atoms with Gasteiger partial charge in [0.2, 0.25) is 5.91 Å². The Labute approximate surface area is 127 Å². The molecule has 0 aromatic rings. The van der Waals surface area contributed by atoms with Crippen molar-refractivity contribution in [2.24, 2.45) is 11.5 Å². The third kappa shape index (κ3) is 14.1. The van der Waals surface area contributed by atoms with Crippen LogP contribution in [-0.4, -0.2) is 51.8 Å². The first-order valence-electron chi connectivity index (χ1n) is 6.25. The van der Waals surface area contributed by atoms with Gasteiger partial charge >= 0.3 is 18.0 Å². The van der Waals surface area contributed by atoms with Crippen LogP contribution in [0.2, 0.25) is 0 Å². The lowest BCUT2D eigenvalue weighted by Crippen LogP contribution is -2.45. The summed E-state index contributed by atoms with van der Waals surface area (Å²) in [7, 11) is 0. The predicted molar refractivity (Wildman–Crippen MR) is 75.9 cm³/mol. The molecule has 0 aromatic heterocycles. The van der Waals surface area contributed by atoms with Crippen LogP contribution in [0.1, 0.15) is 34.1 Å². The Morgan fingerprint density at radius 3 is 1.77 bits per heavy atom. The first kappa shape index (κ1) is 21.9. The van der Waals surface area contributed by atoms with Gasteiger partial charge in [-0.25, -0.2) is 9.59 Å². The average Bonchev–Trinajstić information content (AvgIpc) is 2.25. The second kappa shape index (κ2) is 9.55. The summed E-state index contributed by atoms with van der Waals surface area (Å²) < 4.78 is 4.83. The van der Waals surface area contributed by atoms with Crippen molar-refractivity contribution in [3.8, 4) is 0 Å². The second-order valence-corrected chi connectivity index (χ2v) is 5.33. The van der Waals surface area contributed by atoms with E-state index in [1.165, 1.54) is 6.92 Å². The second-order valence-electron chi connectivity index (χ2n) is 5.33. The van der Waals surface area contributed by atoms with Crippen LogP contribution in [0.25, 0.3) is 0 Å². The maximum absolute atomic E-state index is 11.2. The molecule has 2 atom stereocenters. The quantitative estimate of drug-likeness (QED) is 0.438. The highest BCUT2D eigenvalue weighted by atomic mass is 16.6. The van der Waals surface area contributed by atoms with Crippen LogP contribution in [0.5, 0.6) is 0 Å². The Hall–Kier alpha value is -2.36. The highest BCUT2D eigenvalue weighted by Gasteiger charge is 2.25. The zero-order valence-corrected chi connectivity index (χ0v) is 13.0. The standard InChI is InChI=1S/C9H16N2O5.C3H7NO2/c1-9(2,3)16-8(15)11-5(7(13)14)4-6(10)12;1-2(4)3(5)6/h5H,4H2,1-3H3,(H2,10,12)(H,11,15)(H,13,14);2H,4H2,1H3,(H,5,6)/t5-;2-/m00/s1. The fourth-order valence-corrected chi connectivity index (χ4v) is 0.851. The van der Waals surface area contributed by atoms with Crippen molar-refractivity contribution in [1.82, 2.24) is 5.32 Å². The summed E-state index contributed by atoms with van der Waals surface area (Å²) in [5.74, 6) is -3.12. The number of hydrogen-bond acceptors (Lipinski definition) is 6. The molecule has 0 aromatic carbocycles. The van der Waals surface area contributed by atoms with Crippen molar-refractivity contribution in [2.45, 2.75) is 51.8 Å². The minimum atomic E-state index is -1.37. The number of carboxylic acid groups (broad SMARTS) is 2. The van der Waals surface area contributed by atoms with Crippen LogP contribution in [-0.2, 0) is 19.1 Å². The van der Waals surface area contributed by atoms with Crippen LogP contribution in [0.4, 0.5) is 4.79 Å². The number of carbonyl (C=O) groups is 4. The minimum Gasteiger partial charge on any atom is -0.480 e. The van der Waals surface area contributed by atoms with Gasteiger partial charge in [-0.3, -0.25) is 9.59 Å². The van der Waals surface area contributed by atoms with E-state index in [0.29, 0.717) is 0 Å². The molecule has 0 saturated carbocycles. The Bertz CT molecular complexity index is 415. The smallest absolute Gasteiger partial charge is 0.408 e. The Balaban J connectivity index is 0. The molecule has 22 heavy (non-hydrogen) atoms. The van der Waals surface area contributed by atoms with Gasteiger partial charge in [-0.2, -0.15) is 0 Å². The Morgan fingerprint density at radius 1 is 1.14 bits per heavy atom. The Morgan fingerprint density at radius 2 is 1.55 bits per heavy atom. The topological polar surface area (TPSA) is 182 Å². The van der Waals surface area contributed by atoms with Crippen LogP contribution in [0.3, 0.4) is 0 Å². The molecular weight excluding hydrogens is 298 g/mol. The normalized spacial score (nSPS) is 13.0. The van der Waals surface area contributed by atoms with Crippen molar-refractivity contribution in [2.75, 3.05) is 0 Å². The molecule has 0 spiro atoms. The van der Waals surface area contributed by atoms with Crippen molar-refractivity contribution < 1.29 is 34.1 Å². The molecule has 10 nitrogen and oxygen atoms in total. The van der Waals surface area contributed by atoms with Crippen molar-refractivity contribution in [3.05, 3.63) is 0 Å². The Kier molecular flexibility index (Phi) is 9.52. The molecule has 0 saturated heterocycles. The van der Waals surface area contributed by atoms with Crippen LogP contribution >= 0.6 is 0 Å². The molecule has 0 bridgehead atoms. The summed E-state index contributed by atoms with van der Waals surface area (Å²) in [5, 5.41) is 18.6. The first-order valence-corrected chi connectivity index (χ1v) is 6.25. The van der Waals surface area contributed by atoms with E-state index in [0.717, 1.165) is 0 Å².